The molecule has 104 valence electrons. The summed E-state index contributed by atoms with van der Waals surface area (Å²) in [5, 5.41) is 13.1. The van der Waals surface area contributed by atoms with Gasteiger partial charge < -0.3 is 10.6 Å². The molecule has 5 nitrogen and oxygen atoms in total. The second-order valence-corrected chi connectivity index (χ2v) is 5.84. The zero-order valence-electron chi connectivity index (χ0n) is 12.6. The smallest absolute Gasteiger partial charge is 0.314 e. The highest BCUT2D eigenvalue weighted by Gasteiger charge is 2.31. The van der Waals surface area contributed by atoms with Crippen LogP contribution in [0, 0.1) is 10.8 Å². The molecule has 5 heteroatoms. The maximum absolute atomic E-state index is 11.2. The summed E-state index contributed by atoms with van der Waals surface area (Å²) in [5.41, 5.74) is 0.830. The molecule has 0 saturated carbocycles. The van der Waals surface area contributed by atoms with E-state index in [0.29, 0.717) is 6.54 Å². The number of nitrogens with one attached hydrogen (secondary N) is 2. The highest BCUT2D eigenvalue weighted by Crippen LogP contribution is 2.39. The van der Waals surface area contributed by atoms with E-state index in [4.69, 9.17) is 0 Å². The molecule has 0 saturated heterocycles. The summed E-state index contributed by atoms with van der Waals surface area (Å²) in [4.78, 5) is 11.2. The quantitative estimate of drug-likeness (QED) is 0.744. The molecule has 0 atom stereocenters. The average molecular weight is 254 g/mol. The van der Waals surface area contributed by atoms with Crippen LogP contribution in [0.5, 0.6) is 0 Å². The molecule has 0 aromatic rings. The number of nitrogens with zero attached hydrogens (tertiary/aromatic N) is 2. The predicted octanol–water partition coefficient (Wildman–Crippen LogP) is 2.95. The van der Waals surface area contributed by atoms with Gasteiger partial charge in [0, 0.05) is 14.1 Å². The lowest BCUT2D eigenvalue weighted by Gasteiger charge is -2.36. The molecule has 18 heavy (non-hydrogen) atoms. The molecule has 0 fully saturated rings. The normalized spacial score (nSPS) is 13.8. The van der Waals surface area contributed by atoms with E-state index >= 15 is 0 Å². The van der Waals surface area contributed by atoms with E-state index in [0.717, 1.165) is 5.70 Å². The van der Waals surface area contributed by atoms with Crippen molar-refractivity contribution in [3.05, 3.63) is 11.8 Å². The minimum atomic E-state index is -0.222. The van der Waals surface area contributed by atoms with E-state index in [9.17, 15) is 4.79 Å². The summed E-state index contributed by atoms with van der Waals surface area (Å²) in [5.74, 6) is 0. The molecule has 2 amide bonds. The standard InChI is InChI=1S/C13H26N4O/c1-12(2,3)13(4,5)8-10(17-15-7)9-16-11(18)14-6/h8H,9H2,1-7H3,(H2,14,16,18)/b10-8-,17-15?. The summed E-state index contributed by atoms with van der Waals surface area (Å²) >= 11 is 0. The number of urea groups is 1. The summed E-state index contributed by atoms with van der Waals surface area (Å²) in [6, 6.07) is -0.222. The van der Waals surface area contributed by atoms with Crippen LogP contribution < -0.4 is 10.6 Å². The van der Waals surface area contributed by atoms with Crippen molar-refractivity contribution >= 4 is 6.03 Å². The summed E-state index contributed by atoms with van der Waals surface area (Å²) in [6.45, 7) is 11.2. The minimum Gasteiger partial charge on any atom is -0.341 e. The second-order valence-electron chi connectivity index (χ2n) is 5.84. The van der Waals surface area contributed by atoms with Gasteiger partial charge in [0.15, 0.2) is 0 Å². The number of carbonyl (C=O) groups is 1. The Morgan fingerprint density at radius 2 is 1.78 bits per heavy atom. The molecule has 0 aliphatic heterocycles. The van der Waals surface area contributed by atoms with Gasteiger partial charge in [-0.2, -0.15) is 10.2 Å². The van der Waals surface area contributed by atoms with Crippen LogP contribution in [-0.2, 0) is 0 Å². The van der Waals surface area contributed by atoms with Gasteiger partial charge in [-0.15, -0.1) is 0 Å². The van der Waals surface area contributed by atoms with E-state index in [-0.39, 0.29) is 16.9 Å². The van der Waals surface area contributed by atoms with Gasteiger partial charge in [0.25, 0.3) is 0 Å². The Morgan fingerprint density at radius 1 is 1.22 bits per heavy atom. The van der Waals surface area contributed by atoms with Crippen molar-refractivity contribution in [2.24, 2.45) is 21.1 Å². The molecule has 0 aromatic carbocycles. The van der Waals surface area contributed by atoms with Gasteiger partial charge >= 0.3 is 6.03 Å². The fourth-order valence-electron chi connectivity index (χ4n) is 1.14. The summed E-state index contributed by atoms with van der Waals surface area (Å²) in [7, 11) is 3.21. The molecule has 0 rings (SSSR count). The number of rotatable bonds is 4. The Labute approximate surface area is 110 Å². The molecule has 0 aliphatic carbocycles. The Bertz CT molecular complexity index is 337. The number of allylic oxidation sites excluding steroid dienone is 1. The van der Waals surface area contributed by atoms with E-state index in [1.54, 1.807) is 14.1 Å². The molecule has 2 N–H and O–H groups in total. The van der Waals surface area contributed by atoms with E-state index < -0.39 is 0 Å². The Hall–Kier alpha value is -1.39. The molecule has 0 radical (unpaired) electrons. The van der Waals surface area contributed by atoms with Gasteiger partial charge in [0.05, 0.1) is 12.2 Å². The van der Waals surface area contributed by atoms with Crippen LogP contribution in [0.25, 0.3) is 0 Å². The van der Waals surface area contributed by atoms with Crippen molar-refractivity contribution in [3.8, 4) is 0 Å². The average Bonchev–Trinajstić information content (AvgIpc) is 2.23. The summed E-state index contributed by atoms with van der Waals surface area (Å²) in [6.07, 6.45) is 2.07. The van der Waals surface area contributed by atoms with E-state index in [2.05, 4.69) is 61.6 Å². The van der Waals surface area contributed by atoms with Crippen LogP contribution in [0.2, 0.25) is 0 Å². The highest BCUT2D eigenvalue weighted by atomic mass is 16.2. The maximum atomic E-state index is 11.2. The molecular weight excluding hydrogens is 228 g/mol. The third-order valence-electron chi connectivity index (χ3n) is 3.35. The Morgan fingerprint density at radius 3 is 2.17 bits per heavy atom. The number of hydrogen-bond donors (Lipinski definition) is 2. The maximum Gasteiger partial charge on any atom is 0.314 e. The number of azo groups is 1. The zero-order valence-corrected chi connectivity index (χ0v) is 12.6. The highest BCUT2D eigenvalue weighted by molar-refractivity contribution is 5.73. The molecule has 0 aromatic heterocycles. The van der Waals surface area contributed by atoms with Gasteiger partial charge in [0.1, 0.15) is 0 Å². The van der Waals surface area contributed by atoms with Crippen LogP contribution >= 0.6 is 0 Å². The molecular formula is C13H26N4O. The lowest BCUT2D eigenvalue weighted by molar-refractivity contribution is 0.191. The Balaban J connectivity index is 4.95. The molecule has 0 unspecified atom stereocenters. The summed E-state index contributed by atoms with van der Waals surface area (Å²) < 4.78 is 0. The van der Waals surface area contributed by atoms with Gasteiger partial charge in [-0.3, -0.25) is 0 Å². The topological polar surface area (TPSA) is 65.8 Å². The van der Waals surface area contributed by atoms with Crippen LogP contribution in [0.3, 0.4) is 0 Å². The van der Waals surface area contributed by atoms with Crippen molar-refractivity contribution in [1.29, 1.82) is 0 Å². The fourth-order valence-corrected chi connectivity index (χ4v) is 1.14. The first kappa shape index (κ1) is 16.6. The Kier molecular flexibility index (Phi) is 6.01. The zero-order chi connectivity index (χ0) is 14.4. The first-order chi connectivity index (χ1) is 8.14. The fraction of sp³-hybridized carbons (Fsp3) is 0.769. The number of hydrogen-bond acceptors (Lipinski definition) is 3. The number of amides is 2. The third kappa shape index (κ3) is 5.29. The van der Waals surface area contributed by atoms with Gasteiger partial charge in [-0.25, -0.2) is 4.79 Å². The van der Waals surface area contributed by atoms with Crippen molar-refractivity contribution in [1.82, 2.24) is 10.6 Å². The molecule has 0 bridgehead atoms. The predicted molar refractivity (Wildman–Crippen MR) is 74.6 cm³/mol. The van der Waals surface area contributed by atoms with Crippen LogP contribution in [0.1, 0.15) is 34.6 Å². The third-order valence-corrected chi connectivity index (χ3v) is 3.35. The van der Waals surface area contributed by atoms with E-state index in [1.807, 2.05) is 0 Å². The van der Waals surface area contributed by atoms with Crippen molar-refractivity contribution in [2.75, 3.05) is 20.6 Å². The first-order valence-corrected chi connectivity index (χ1v) is 6.11. The van der Waals surface area contributed by atoms with E-state index in [1.165, 1.54) is 0 Å². The first-order valence-electron chi connectivity index (χ1n) is 6.11. The SMILES string of the molecule is CN=N/C(=C\C(C)(C)C(C)(C)C)CNC(=O)NC. The van der Waals surface area contributed by atoms with Gasteiger partial charge in [-0.05, 0) is 10.8 Å². The lowest BCUT2D eigenvalue weighted by atomic mass is 9.69. The largest absolute Gasteiger partial charge is 0.341 e. The van der Waals surface area contributed by atoms with Crippen molar-refractivity contribution < 1.29 is 4.79 Å². The minimum absolute atomic E-state index is 0.0408. The van der Waals surface area contributed by atoms with Crippen molar-refractivity contribution in [2.45, 2.75) is 34.6 Å². The van der Waals surface area contributed by atoms with Crippen LogP contribution in [-0.4, -0.2) is 26.7 Å². The van der Waals surface area contributed by atoms with Gasteiger partial charge in [0.2, 0.25) is 0 Å². The molecule has 0 spiro atoms. The number of carbonyl (C=O) groups excluding carboxylic acids is 1. The van der Waals surface area contributed by atoms with Gasteiger partial charge in [-0.1, -0.05) is 40.7 Å². The molecule has 0 heterocycles. The second kappa shape index (κ2) is 6.52. The lowest BCUT2D eigenvalue weighted by Crippen LogP contribution is -2.34. The van der Waals surface area contributed by atoms with Crippen LogP contribution in [0.15, 0.2) is 22.0 Å². The molecule has 0 aliphatic rings. The monoisotopic (exact) mass is 254 g/mol. The van der Waals surface area contributed by atoms with Crippen molar-refractivity contribution in [3.63, 3.8) is 0 Å². The van der Waals surface area contributed by atoms with Crippen LogP contribution in [0.4, 0.5) is 4.79 Å².